The van der Waals surface area contributed by atoms with Crippen LogP contribution in [0.15, 0.2) is 24.8 Å². The van der Waals surface area contributed by atoms with Crippen LogP contribution in [0.2, 0.25) is 0 Å². The molecule has 0 amide bonds. The highest BCUT2D eigenvalue weighted by atomic mass is 16.3. The van der Waals surface area contributed by atoms with Crippen LogP contribution in [0.3, 0.4) is 0 Å². The van der Waals surface area contributed by atoms with Gasteiger partial charge in [-0.3, -0.25) is 0 Å². The topological polar surface area (TPSA) is 89.9 Å². The zero-order valence-corrected chi connectivity index (χ0v) is 8.48. The molecule has 3 rings (SSSR count). The van der Waals surface area contributed by atoms with E-state index in [9.17, 15) is 5.11 Å². The summed E-state index contributed by atoms with van der Waals surface area (Å²) >= 11 is 0. The number of rotatable bonds is 1. The molecular formula is C10H11N5O. The van der Waals surface area contributed by atoms with Crippen molar-refractivity contribution >= 4 is 17.0 Å². The van der Waals surface area contributed by atoms with Gasteiger partial charge in [0.1, 0.15) is 11.8 Å². The van der Waals surface area contributed by atoms with Crippen LogP contribution in [0.1, 0.15) is 12.5 Å². The number of fused-ring (bicyclic) bond motifs is 1. The SMILES string of the molecule is Nc1ncnc2ncn(C3C=CC(O)C3)c12. The van der Waals surface area contributed by atoms with Crippen molar-refractivity contribution in [3.05, 3.63) is 24.8 Å². The summed E-state index contributed by atoms with van der Waals surface area (Å²) in [5.41, 5.74) is 7.12. The predicted octanol–water partition coefficient (Wildman–Crippen LogP) is 0.270. The second-order valence-electron chi connectivity index (χ2n) is 3.84. The number of nitrogens with two attached hydrogens (primary N) is 1. The third kappa shape index (κ3) is 1.27. The quantitative estimate of drug-likeness (QED) is 0.669. The van der Waals surface area contributed by atoms with Gasteiger partial charge >= 0.3 is 0 Å². The molecule has 0 aromatic carbocycles. The Balaban J connectivity index is 2.14. The fourth-order valence-electron chi connectivity index (χ4n) is 2.02. The molecule has 3 N–H and O–H groups in total. The number of imidazole rings is 1. The Morgan fingerprint density at radius 3 is 2.94 bits per heavy atom. The summed E-state index contributed by atoms with van der Waals surface area (Å²) < 4.78 is 1.90. The van der Waals surface area contributed by atoms with Crippen molar-refractivity contribution in [2.24, 2.45) is 0 Å². The van der Waals surface area contributed by atoms with Crippen LogP contribution in [0.25, 0.3) is 11.2 Å². The molecule has 2 unspecified atom stereocenters. The zero-order valence-electron chi connectivity index (χ0n) is 8.48. The van der Waals surface area contributed by atoms with Gasteiger partial charge in [-0.15, -0.1) is 0 Å². The molecule has 0 saturated heterocycles. The van der Waals surface area contributed by atoms with E-state index < -0.39 is 6.10 Å². The number of hydrogen-bond acceptors (Lipinski definition) is 5. The number of allylic oxidation sites excluding steroid dienone is 1. The molecule has 0 fully saturated rings. The maximum atomic E-state index is 9.46. The lowest BCUT2D eigenvalue weighted by molar-refractivity contribution is 0.211. The Hall–Kier alpha value is -1.95. The molecule has 2 aromatic heterocycles. The van der Waals surface area contributed by atoms with E-state index in [2.05, 4.69) is 15.0 Å². The van der Waals surface area contributed by atoms with Crippen molar-refractivity contribution in [3.63, 3.8) is 0 Å². The van der Waals surface area contributed by atoms with Gasteiger partial charge in [0.2, 0.25) is 0 Å². The van der Waals surface area contributed by atoms with E-state index in [0.717, 1.165) is 5.52 Å². The summed E-state index contributed by atoms with van der Waals surface area (Å²) in [6.45, 7) is 0. The van der Waals surface area contributed by atoms with E-state index in [1.165, 1.54) is 6.33 Å². The number of aliphatic hydroxyl groups excluding tert-OH is 1. The van der Waals surface area contributed by atoms with Gasteiger partial charge in [-0.2, -0.15) is 0 Å². The molecule has 2 atom stereocenters. The van der Waals surface area contributed by atoms with Crippen molar-refractivity contribution in [1.29, 1.82) is 0 Å². The number of hydrogen-bond donors (Lipinski definition) is 2. The molecule has 0 aliphatic heterocycles. The van der Waals surface area contributed by atoms with Gasteiger partial charge in [-0.1, -0.05) is 12.2 Å². The van der Waals surface area contributed by atoms with Crippen molar-refractivity contribution in [2.75, 3.05) is 5.73 Å². The zero-order chi connectivity index (χ0) is 11.1. The van der Waals surface area contributed by atoms with Crippen LogP contribution < -0.4 is 5.73 Å². The normalized spacial score (nSPS) is 24.3. The van der Waals surface area contributed by atoms with Crippen molar-refractivity contribution in [3.8, 4) is 0 Å². The van der Waals surface area contributed by atoms with Crippen LogP contribution >= 0.6 is 0 Å². The fourth-order valence-corrected chi connectivity index (χ4v) is 2.02. The largest absolute Gasteiger partial charge is 0.389 e. The first-order chi connectivity index (χ1) is 7.75. The Bertz CT molecular complexity index is 561. The van der Waals surface area contributed by atoms with Gasteiger partial charge in [0, 0.05) is 6.42 Å². The predicted molar refractivity (Wildman–Crippen MR) is 58.5 cm³/mol. The van der Waals surface area contributed by atoms with E-state index in [1.54, 1.807) is 12.4 Å². The summed E-state index contributed by atoms with van der Waals surface area (Å²) in [6, 6.07) is 0.0771. The molecule has 6 heteroatoms. The lowest BCUT2D eigenvalue weighted by Gasteiger charge is -2.12. The van der Waals surface area contributed by atoms with Crippen molar-refractivity contribution in [2.45, 2.75) is 18.6 Å². The average Bonchev–Trinajstić information content (AvgIpc) is 2.84. The molecule has 0 saturated carbocycles. The standard InChI is InChI=1S/C10H11N5O/c11-9-8-10(13-4-12-9)14-5-15(8)6-1-2-7(16)3-6/h1-2,4-7,16H,3H2,(H2,11,12,13). The minimum absolute atomic E-state index is 0.0771. The Labute approximate surface area is 91.5 Å². The van der Waals surface area contributed by atoms with Crippen molar-refractivity contribution in [1.82, 2.24) is 19.5 Å². The first kappa shape index (κ1) is 9.29. The minimum Gasteiger partial charge on any atom is -0.389 e. The summed E-state index contributed by atoms with van der Waals surface area (Å²) in [4.78, 5) is 12.2. The first-order valence-corrected chi connectivity index (χ1v) is 5.05. The number of aromatic nitrogens is 4. The lowest BCUT2D eigenvalue weighted by atomic mass is 10.2. The summed E-state index contributed by atoms with van der Waals surface area (Å²) in [5.74, 6) is 0.414. The summed E-state index contributed by atoms with van der Waals surface area (Å²) in [5, 5.41) is 9.46. The molecule has 6 nitrogen and oxygen atoms in total. The highest BCUT2D eigenvalue weighted by Gasteiger charge is 2.21. The van der Waals surface area contributed by atoms with E-state index >= 15 is 0 Å². The van der Waals surface area contributed by atoms with E-state index in [4.69, 9.17) is 5.73 Å². The molecule has 1 aliphatic carbocycles. The number of aliphatic hydroxyl groups is 1. The maximum absolute atomic E-state index is 9.46. The molecule has 82 valence electrons. The van der Waals surface area contributed by atoms with E-state index in [1.807, 2.05) is 10.6 Å². The number of nitrogen functional groups attached to an aromatic ring is 1. The molecular weight excluding hydrogens is 206 g/mol. The van der Waals surface area contributed by atoms with E-state index in [-0.39, 0.29) is 6.04 Å². The first-order valence-electron chi connectivity index (χ1n) is 5.05. The second kappa shape index (κ2) is 3.28. The van der Waals surface area contributed by atoms with Gasteiger partial charge in [0.15, 0.2) is 11.5 Å². The molecule has 2 heterocycles. The molecule has 2 aromatic rings. The smallest absolute Gasteiger partial charge is 0.182 e. The van der Waals surface area contributed by atoms with Crippen molar-refractivity contribution < 1.29 is 5.11 Å². The number of nitrogens with zero attached hydrogens (tertiary/aromatic N) is 4. The highest BCUT2D eigenvalue weighted by Crippen LogP contribution is 2.27. The van der Waals surface area contributed by atoms with Crippen LogP contribution in [0.5, 0.6) is 0 Å². The molecule has 0 spiro atoms. The molecule has 0 bridgehead atoms. The summed E-state index contributed by atoms with van der Waals surface area (Å²) in [7, 11) is 0. The Kier molecular flexibility index (Phi) is 1.90. The average molecular weight is 217 g/mol. The minimum atomic E-state index is -0.395. The van der Waals surface area contributed by atoms with Crippen LogP contribution in [-0.4, -0.2) is 30.7 Å². The monoisotopic (exact) mass is 217 g/mol. The van der Waals surface area contributed by atoms with Gasteiger partial charge in [0.25, 0.3) is 0 Å². The second-order valence-corrected chi connectivity index (χ2v) is 3.84. The molecule has 0 radical (unpaired) electrons. The lowest BCUT2D eigenvalue weighted by Crippen LogP contribution is -2.08. The Morgan fingerprint density at radius 2 is 2.19 bits per heavy atom. The molecule has 1 aliphatic rings. The van der Waals surface area contributed by atoms with Gasteiger partial charge in [0.05, 0.1) is 18.5 Å². The maximum Gasteiger partial charge on any atom is 0.182 e. The van der Waals surface area contributed by atoms with Gasteiger partial charge < -0.3 is 15.4 Å². The van der Waals surface area contributed by atoms with Gasteiger partial charge in [-0.25, -0.2) is 15.0 Å². The third-order valence-corrected chi connectivity index (χ3v) is 2.79. The van der Waals surface area contributed by atoms with Crippen LogP contribution in [0.4, 0.5) is 5.82 Å². The van der Waals surface area contributed by atoms with Gasteiger partial charge in [-0.05, 0) is 0 Å². The summed E-state index contributed by atoms with van der Waals surface area (Å²) in [6.07, 6.45) is 7.04. The van der Waals surface area contributed by atoms with Crippen LogP contribution in [-0.2, 0) is 0 Å². The number of anilines is 1. The fraction of sp³-hybridized carbons (Fsp3) is 0.300. The molecule has 16 heavy (non-hydrogen) atoms. The highest BCUT2D eigenvalue weighted by molar-refractivity contribution is 5.81. The van der Waals surface area contributed by atoms with Crippen LogP contribution in [0, 0.1) is 0 Å². The Morgan fingerprint density at radius 1 is 1.31 bits per heavy atom. The third-order valence-electron chi connectivity index (χ3n) is 2.79. The van der Waals surface area contributed by atoms with E-state index in [0.29, 0.717) is 17.9 Å².